The second-order valence-corrected chi connectivity index (χ2v) is 7.87. The van der Waals surface area contributed by atoms with Gasteiger partial charge in [-0.15, -0.1) is 17.9 Å². The number of thiazole rings is 1. The van der Waals surface area contributed by atoms with Crippen LogP contribution in [0.15, 0.2) is 30.9 Å². The molecule has 4 rings (SSSR count). The Bertz CT molecular complexity index is 809. The molecule has 0 saturated carbocycles. The van der Waals surface area contributed by atoms with E-state index in [9.17, 15) is 4.79 Å². The van der Waals surface area contributed by atoms with Crippen LogP contribution in [0.4, 0.5) is 5.13 Å². The number of aromatic nitrogens is 1. The average Bonchev–Trinajstić information content (AvgIpc) is 3.22. The second-order valence-electron chi connectivity index (χ2n) is 6.37. The van der Waals surface area contributed by atoms with E-state index in [1.807, 2.05) is 12.1 Å². The van der Waals surface area contributed by atoms with Crippen LogP contribution in [0.3, 0.4) is 0 Å². The van der Waals surface area contributed by atoms with E-state index in [0.29, 0.717) is 18.0 Å². The quantitative estimate of drug-likeness (QED) is 0.753. The maximum Gasteiger partial charge on any atom is 0.270 e. The molecule has 1 atom stereocenters. The number of ether oxygens (including phenoxy) is 1. The first-order valence-corrected chi connectivity index (χ1v) is 9.71. The summed E-state index contributed by atoms with van der Waals surface area (Å²) in [7, 11) is 0. The number of benzene rings is 1. The van der Waals surface area contributed by atoms with E-state index in [1.165, 1.54) is 17.7 Å². The number of carbonyl (C=O) groups excluding carboxylic acids is 1. The smallest absolute Gasteiger partial charge is 0.270 e. The zero-order chi connectivity index (χ0) is 17.4. The van der Waals surface area contributed by atoms with Crippen molar-refractivity contribution in [1.29, 1.82) is 0 Å². The predicted molar refractivity (Wildman–Crippen MR) is 101 cm³/mol. The summed E-state index contributed by atoms with van der Waals surface area (Å²) in [6.45, 7) is 4.23. The molecule has 0 radical (unpaired) electrons. The molecule has 0 saturated heterocycles. The van der Waals surface area contributed by atoms with Crippen LogP contribution in [0.2, 0.25) is 5.02 Å². The molecule has 1 unspecified atom stereocenters. The molecule has 0 bridgehead atoms. The number of hydrogen-bond donors (Lipinski definition) is 0. The second kappa shape index (κ2) is 6.81. The van der Waals surface area contributed by atoms with Gasteiger partial charge in [0.05, 0.1) is 5.69 Å². The number of carbonyl (C=O) groups is 1. The third kappa shape index (κ3) is 3.18. The zero-order valence-corrected chi connectivity index (χ0v) is 15.4. The lowest BCUT2D eigenvalue weighted by molar-refractivity contribution is -0.124. The topological polar surface area (TPSA) is 42.4 Å². The Morgan fingerprint density at radius 3 is 3.08 bits per heavy atom. The van der Waals surface area contributed by atoms with Gasteiger partial charge in [-0.1, -0.05) is 17.7 Å². The monoisotopic (exact) mass is 374 g/mol. The zero-order valence-electron chi connectivity index (χ0n) is 13.8. The van der Waals surface area contributed by atoms with Gasteiger partial charge in [0.1, 0.15) is 5.75 Å². The Labute approximate surface area is 156 Å². The molecule has 0 N–H and O–H groups in total. The van der Waals surface area contributed by atoms with Crippen molar-refractivity contribution in [3.8, 4) is 5.75 Å². The average molecular weight is 375 g/mol. The maximum atomic E-state index is 13.1. The minimum absolute atomic E-state index is 0.0710. The molecular formula is C19H19ClN2O2S. The third-order valence-corrected chi connectivity index (χ3v) is 6.03. The number of fused-ring (bicyclic) bond motifs is 2. The lowest BCUT2D eigenvalue weighted by atomic mass is 10.0. The first kappa shape index (κ1) is 16.6. The van der Waals surface area contributed by atoms with Gasteiger partial charge in [-0.2, -0.15) is 0 Å². The summed E-state index contributed by atoms with van der Waals surface area (Å²) in [6, 6.07) is 5.47. The molecule has 2 heterocycles. The van der Waals surface area contributed by atoms with Gasteiger partial charge in [-0.05, 0) is 49.4 Å². The van der Waals surface area contributed by atoms with E-state index in [0.717, 1.165) is 35.0 Å². The highest BCUT2D eigenvalue weighted by molar-refractivity contribution is 7.16. The Hall–Kier alpha value is -1.85. The van der Waals surface area contributed by atoms with E-state index in [1.54, 1.807) is 28.4 Å². The number of rotatable bonds is 4. The molecule has 1 aliphatic carbocycles. The molecule has 4 nitrogen and oxygen atoms in total. The number of hydrogen-bond acceptors (Lipinski definition) is 4. The Kier molecular flexibility index (Phi) is 4.52. The third-order valence-electron chi connectivity index (χ3n) is 4.62. The molecule has 130 valence electrons. The summed E-state index contributed by atoms with van der Waals surface area (Å²) in [4.78, 5) is 20.8. The molecule has 1 aromatic heterocycles. The van der Waals surface area contributed by atoms with E-state index in [2.05, 4.69) is 6.58 Å². The number of nitrogens with zero attached hydrogens (tertiary/aromatic N) is 2. The van der Waals surface area contributed by atoms with Gasteiger partial charge < -0.3 is 4.74 Å². The Morgan fingerprint density at radius 2 is 2.28 bits per heavy atom. The van der Waals surface area contributed by atoms with Crippen molar-refractivity contribution in [1.82, 2.24) is 4.98 Å². The molecule has 6 heteroatoms. The highest BCUT2D eigenvalue weighted by Crippen LogP contribution is 2.35. The number of amides is 1. The van der Waals surface area contributed by atoms with Crippen LogP contribution in [-0.2, 0) is 24.1 Å². The number of halogens is 1. The summed E-state index contributed by atoms with van der Waals surface area (Å²) < 4.78 is 5.87. The first-order valence-electron chi connectivity index (χ1n) is 8.51. The standard InChI is InChI=1S/C19H19ClN2O2S/c1-2-9-22(19-21-14-5-3-4-6-17(14)25-19)18(23)16-11-12-10-13(20)7-8-15(12)24-16/h2,7-8,10,16H,1,3-6,9,11H2. The maximum absolute atomic E-state index is 13.1. The van der Waals surface area contributed by atoms with Gasteiger partial charge in [0, 0.05) is 22.9 Å². The van der Waals surface area contributed by atoms with Crippen molar-refractivity contribution >= 4 is 34.0 Å². The molecule has 1 amide bonds. The predicted octanol–water partition coefficient (Wildman–Crippen LogP) is 4.20. The van der Waals surface area contributed by atoms with Crippen molar-refractivity contribution < 1.29 is 9.53 Å². The molecule has 25 heavy (non-hydrogen) atoms. The van der Waals surface area contributed by atoms with Gasteiger partial charge in [0.15, 0.2) is 11.2 Å². The summed E-state index contributed by atoms with van der Waals surface area (Å²) in [5.41, 5.74) is 2.12. The fraction of sp³-hybridized carbons (Fsp3) is 0.368. The highest BCUT2D eigenvalue weighted by Gasteiger charge is 2.34. The van der Waals surface area contributed by atoms with Crippen molar-refractivity contribution in [3.63, 3.8) is 0 Å². The van der Waals surface area contributed by atoms with Crippen LogP contribution < -0.4 is 9.64 Å². The van der Waals surface area contributed by atoms with Crippen molar-refractivity contribution in [2.24, 2.45) is 0 Å². The van der Waals surface area contributed by atoms with Gasteiger partial charge in [0.25, 0.3) is 5.91 Å². The molecule has 0 spiro atoms. The largest absolute Gasteiger partial charge is 0.480 e. The summed E-state index contributed by atoms with van der Waals surface area (Å²) in [5, 5.41) is 1.42. The van der Waals surface area contributed by atoms with Crippen LogP contribution in [0.25, 0.3) is 0 Å². The summed E-state index contributed by atoms with van der Waals surface area (Å²) in [6.07, 6.45) is 6.18. The minimum Gasteiger partial charge on any atom is -0.480 e. The molecule has 0 fully saturated rings. The molecule has 2 aromatic rings. The van der Waals surface area contributed by atoms with E-state index >= 15 is 0 Å². The Balaban J connectivity index is 1.58. The van der Waals surface area contributed by atoms with Gasteiger partial charge in [-0.25, -0.2) is 4.98 Å². The SMILES string of the molecule is C=CCN(C(=O)C1Cc2cc(Cl)ccc2O1)c1nc2c(s1)CCCC2. The van der Waals surface area contributed by atoms with Crippen LogP contribution in [0.1, 0.15) is 29.0 Å². The normalized spacial score (nSPS) is 18.2. The fourth-order valence-corrected chi connectivity index (χ4v) is 4.73. The highest BCUT2D eigenvalue weighted by atomic mass is 35.5. The van der Waals surface area contributed by atoms with Crippen LogP contribution in [-0.4, -0.2) is 23.5 Å². The van der Waals surface area contributed by atoms with E-state index in [-0.39, 0.29) is 5.91 Å². The van der Waals surface area contributed by atoms with Crippen molar-refractivity contribution in [2.45, 2.75) is 38.2 Å². The molecular weight excluding hydrogens is 356 g/mol. The van der Waals surface area contributed by atoms with E-state index < -0.39 is 6.10 Å². The molecule has 1 aliphatic heterocycles. The lowest BCUT2D eigenvalue weighted by Gasteiger charge is -2.21. The Morgan fingerprint density at radius 1 is 1.44 bits per heavy atom. The van der Waals surface area contributed by atoms with Gasteiger partial charge >= 0.3 is 0 Å². The van der Waals surface area contributed by atoms with Crippen molar-refractivity contribution in [2.75, 3.05) is 11.4 Å². The van der Waals surface area contributed by atoms with Gasteiger partial charge in [-0.3, -0.25) is 9.69 Å². The van der Waals surface area contributed by atoms with Crippen LogP contribution >= 0.6 is 22.9 Å². The summed E-state index contributed by atoms with van der Waals surface area (Å²) in [5.74, 6) is 0.665. The fourth-order valence-electron chi connectivity index (χ4n) is 3.37. The number of anilines is 1. The minimum atomic E-state index is -0.533. The number of aryl methyl sites for hydroxylation is 2. The van der Waals surface area contributed by atoms with E-state index in [4.69, 9.17) is 21.3 Å². The van der Waals surface area contributed by atoms with Gasteiger partial charge in [0.2, 0.25) is 0 Å². The summed E-state index contributed by atoms with van der Waals surface area (Å²) >= 11 is 7.67. The van der Waals surface area contributed by atoms with Crippen LogP contribution in [0.5, 0.6) is 5.75 Å². The first-order chi connectivity index (χ1) is 12.2. The van der Waals surface area contributed by atoms with Crippen molar-refractivity contribution in [3.05, 3.63) is 52.0 Å². The molecule has 1 aromatic carbocycles. The van der Waals surface area contributed by atoms with Crippen LogP contribution in [0, 0.1) is 0 Å². The lowest BCUT2D eigenvalue weighted by Crippen LogP contribution is -2.41. The molecule has 2 aliphatic rings.